The van der Waals surface area contributed by atoms with Crippen molar-refractivity contribution in [3.05, 3.63) is 27.2 Å². The van der Waals surface area contributed by atoms with Crippen molar-refractivity contribution in [2.24, 2.45) is 0 Å². The lowest BCUT2D eigenvalue weighted by atomic mass is 10.2. The molecule has 0 aromatic heterocycles. The molecule has 0 bridgehead atoms. The molecule has 1 aromatic carbocycles. The summed E-state index contributed by atoms with van der Waals surface area (Å²) in [5.41, 5.74) is 0. The summed E-state index contributed by atoms with van der Waals surface area (Å²) >= 11 is 17.8. The quantitative estimate of drug-likeness (QED) is 0.824. The molecule has 1 atom stereocenters. The smallest absolute Gasteiger partial charge is 0.139 e. The molecule has 0 aliphatic rings. The molecule has 90 valence electrons. The number of ether oxygens (including phenoxy) is 1. The molecule has 0 radical (unpaired) electrons. The molecule has 0 aliphatic heterocycles. The maximum Gasteiger partial charge on any atom is 0.139 e. The molecule has 16 heavy (non-hydrogen) atoms. The average molecular weight is 283 g/mol. The van der Waals surface area contributed by atoms with Crippen molar-refractivity contribution in [3.8, 4) is 5.75 Å². The second-order valence-electron chi connectivity index (χ2n) is 3.40. The SMILES string of the molecule is CCC(CNC)Oc1cc(Cl)c(Cl)cc1Cl. The zero-order valence-corrected chi connectivity index (χ0v) is 11.5. The van der Waals surface area contributed by atoms with Gasteiger partial charge in [0.05, 0.1) is 15.1 Å². The van der Waals surface area contributed by atoms with Crippen LogP contribution in [0.4, 0.5) is 0 Å². The second kappa shape index (κ2) is 6.55. The van der Waals surface area contributed by atoms with Crippen LogP contribution in [-0.2, 0) is 0 Å². The number of halogens is 3. The van der Waals surface area contributed by atoms with Crippen LogP contribution >= 0.6 is 34.8 Å². The van der Waals surface area contributed by atoms with Gasteiger partial charge in [-0.25, -0.2) is 0 Å². The highest BCUT2D eigenvalue weighted by Gasteiger charge is 2.12. The largest absolute Gasteiger partial charge is 0.487 e. The summed E-state index contributed by atoms with van der Waals surface area (Å²) in [4.78, 5) is 0. The van der Waals surface area contributed by atoms with Gasteiger partial charge in [0.25, 0.3) is 0 Å². The Morgan fingerprint density at radius 3 is 2.38 bits per heavy atom. The molecule has 0 saturated carbocycles. The Balaban J connectivity index is 2.83. The van der Waals surface area contributed by atoms with Crippen LogP contribution in [0.1, 0.15) is 13.3 Å². The van der Waals surface area contributed by atoms with Crippen LogP contribution in [0, 0.1) is 0 Å². The fourth-order valence-corrected chi connectivity index (χ4v) is 1.85. The molecule has 0 aliphatic carbocycles. The van der Waals surface area contributed by atoms with E-state index >= 15 is 0 Å². The molecule has 1 unspecified atom stereocenters. The van der Waals surface area contributed by atoms with Crippen molar-refractivity contribution in [2.75, 3.05) is 13.6 Å². The van der Waals surface area contributed by atoms with Crippen molar-refractivity contribution in [1.29, 1.82) is 0 Å². The lowest BCUT2D eigenvalue weighted by Crippen LogP contribution is -2.28. The molecule has 0 amide bonds. The highest BCUT2D eigenvalue weighted by molar-refractivity contribution is 6.43. The van der Waals surface area contributed by atoms with E-state index in [4.69, 9.17) is 39.5 Å². The first-order valence-electron chi connectivity index (χ1n) is 5.04. The van der Waals surface area contributed by atoms with Crippen molar-refractivity contribution in [1.82, 2.24) is 5.32 Å². The molecule has 5 heteroatoms. The van der Waals surface area contributed by atoms with Gasteiger partial charge in [0.15, 0.2) is 0 Å². The first kappa shape index (κ1) is 13.9. The van der Waals surface area contributed by atoms with E-state index < -0.39 is 0 Å². The van der Waals surface area contributed by atoms with Gasteiger partial charge in [-0.15, -0.1) is 0 Å². The van der Waals surface area contributed by atoms with E-state index in [1.807, 2.05) is 14.0 Å². The summed E-state index contributed by atoms with van der Waals surface area (Å²) in [6.07, 6.45) is 0.956. The second-order valence-corrected chi connectivity index (χ2v) is 4.62. The maximum absolute atomic E-state index is 6.01. The van der Waals surface area contributed by atoms with Gasteiger partial charge in [0.2, 0.25) is 0 Å². The van der Waals surface area contributed by atoms with Gasteiger partial charge >= 0.3 is 0 Å². The lowest BCUT2D eigenvalue weighted by Gasteiger charge is -2.18. The number of benzene rings is 1. The maximum atomic E-state index is 6.01. The topological polar surface area (TPSA) is 21.3 Å². The zero-order chi connectivity index (χ0) is 12.1. The highest BCUT2D eigenvalue weighted by Crippen LogP contribution is 2.34. The summed E-state index contributed by atoms with van der Waals surface area (Å²) in [6.45, 7) is 2.81. The van der Waals surface area contributed by atoms with E-state index in [9.17, 15) is 0 Å². The molecule has 0 spiro atoms. The summed E-state index contributed by atoms with van der Waals surface area (Å²) < 4.78 is 5.73. The minimum Gasteiger partial charge on any atom is -0.487 e. The van der Waals surface area contributed by atoms with Crippen molar-refractivity contribution in [3.63, 3.8) is 0 Å². The Morgan fingerprint density at radius 1 is 1.19 bits per heavy atom. The van der Waals surface area contributed by atoms with Crippen molar-refractivity contribution in [2.45, 2.75) is 19.4 Å². The summed E-state index contributed by atoms with van der Waals surface area (Å²) in [5, 5.41) is 4.41. The first-order valence-corrected chi connectivity index (χ1v) is 6.17. The number of nitrogens with one attached hydrogen (secondary N) is 1. The normalized spacial score (nSPS) is 12.6. The molecular weight excluding hydrogens is 268 g/mol. The van der Waals surface area contributed by atoms with Crippen LogP contribution in [0.25, 0.3) is 0 Å². The standard InChI is InChI=1S/C11H14Cl3NO/c1-3-7(6-15-2)16-11-5-9(13)8(12)4-10(11)14/h4-5,7,15H,3,6H2,1-2H3. The molecule has 2 nitrogen and oxygen atoms in total. The van der Waals surface area contributed by atoms with Gasteiger partial charge in [-0.2, -0.15) is 0 Å². The van der Waals surface area contributed by atoms with Crippen LogP contribution in [0.15, 0.2) is 12.1 Å². The summed E-state index contributed by atoms with van der Waals surface area (Å²) in [7, 11) is 1.88. The molecule has 1 N–H and O–H groups in total. The third-order valence-corrected chi connectivity index (χ3v) is 3.17. The summed E-state index contributed by atoms with van der Waals surface area (Å²) in [5.74, 6) is 0.568. The Kier molecular flexibility index (Phi) is 5.70. The minimum atomic E-state index is 0.0692. The predicted molar refractivity (Wildman–Crippen MR) is 70.1 cm³/mol. The summed E-state index contributed by atoms with van der Waals surface area (Å²) in [6, 6.07) is 3.23. The van der Waals surface area contributed by atoms with E-state index in [1.165, 1.54) is 0 Å². The molecule has 0 fully saturated rings. The number of likely N-dealkylation sites (N-methyl/N-ethyl adjacent to an activating group) is 1. The van der Waals surface area contributed by atoms with Gasteiger partial charge in [-0.3, -0.25) is 0 Å². The van der Waals surface area contributed by atoms with Gasteiger partial charge in [0, 0.05) is 12.6 Å². The minimum absolute atomic E-state index is 0.0692. The Hall–Kier alpha value is -0.150. The number of hydrogen-bond acceptors (Lipinski definition) is 2. The highest BCUT2D eigenvalue weighted by atomic mass is 35.5. The molecule has 1 aromatic rings. The molecule has 0 saturated heterocycles. The fraction of sp³-hybridized carbons (Fsp3) is 0.455. The number of rotatable bonds is 5. The van der Waals surface area contributed by atoms with E-state index in [-0.39, 0.29) is 6.10 Å². The Labute approximate surface area is 111 Å². The van der Waals surface area contributed by atoms with Crippen LogP contribution < -0.4 is 10.1 Å². The Bertz CT molecular complexity index is 357. The van der Waals surface area contributed by atoms with Gasteiger partial charge in [-0.05, 0) is 19.5 Å². The van der Waals surface area contributed by atoms with E-state index in [0.717, 1.165) is 13.0 Å². The van der Waals surface area contributed by atoms with Crippen molar-refractivity contribution >= 4 is 34.8 Å². The average Bonchev–Trinajstić information content (AvgIpc) is 2.25. The van der Waals surface area contributed by atoms with Crippen LogP contribution in [-0.4, -0.2) is 19.7 Å². The monoisotopic (exact) mass is 281 g/mol. The van der Waals surface area contributed by atoms with Crippen LogP contribution in [0.5, 0.6) is 5.75 Å². The van der Waals surface area contributed by atoms with Gasteiger partial charge < -0.3 is 10.1 Å². The van der Waals surface area contributed by atoms with Gasteiger partial charge in [-0.1, -0.05) is 41.7 Å². The third kappa shape index (κ3) is 3.70. The fourth-order valence-electron chi connectivity index (χ4n) is 1.27. The molecule has 1 rings (SSSR count). The van der Waals surface area contributed by atoms with E-state index in [2.05, 4.69) is 5.32 Å². The van der Waals surface area contributed by atoms with Crippen LogP contribution in [0.2, 0.25) is 15.1 Å². The lowest BCUT2D eigenvalue weighted by molar-refractivity contribution is 0.196. The first-order chi connectivity index (χ1) is 7.58. The molecular formula is C11H14Cl3NO. The molecule has 0 heterocycles. The van der Waals surface area contributed by atoms with E-state index in [1.54, 1.807) is 12.1 Å². The zero-order valence-electron chi connectivity index (χ0n) is 9.19. The van der Waals surface area contributed by atoms with E-state index in [0.29, 0.717) is 20.8 Å². The van der Waals surface area contributed by atoms with Crippen LogP contribution in [0.3, 0.4) is 0 Å². The predicted octanol–water partition coefficient (Wildman–Crippen LogP) is 4.02. The van der Waals surface area contributed by atoms with Gasteiger partial charge in [0.1, 0.15) is 11.9 Å². The Morgan fingerprint density at radius 2 is 1.81 bits per heavy atom. The van der Waals surface area contributed by atoms with Crippen molar-refractivity contribution < 1.29 is 4.74 Å². The number of hydrogen-bond donors (Lipinski definition) is 1. The third-order valence-electron chi connectivity index (χ3n) is 2.16.